The molecular weight excluding hydrogens is 380 g/mol. The smallest absolute Gasteiger partial charge is 0.414 e. The largest absolute Gasteiger partial charge is 0.489 e. The number of rotatable bonds is 9. The maximum atomic E-state index is 12.1. The highest BCUT2D eigenvalue weighted by Crippen LogP contribution is 2.25. The summed E-state index contributed by atoms with van der Waals surface area (Å²) >= 11 is 0. The van der Waals surface area contributed by atoms with Crippen LogP contribution in [-0.4, -0.2) is 32.1 Å². The fourth-order valence-corrected chi connectivity index (χ4v) is 2.78. The average molecular weight is 406 g/mol. The molecule has 2 rings (SSSR count). The summed E-state index contributed by atoms with van der Waals surface area (Å²) in [7, 11) is 1.32. The van der Waals surface area contributed by atoms with E-state index in [-0.39, 0.29) is 13.2 Å². The Morgan fingerprint density at radius 3 is 2.73 bits per heavy atom. The second kappa shape index (κ2) is 11.3. The highest BCUT2D eigenvalue weighted by Gasteiger charge is 2.18. The summed E-state index contributed by atoms with van der Waals surface area (Å²) in [5.41, 5.74) is 4.13. The zero-order chi connectivity index (χ0) is 21.9. The molecule has 6 nitrogen and oxygen atoms in total. The molecule has 0 saturated heterocycles. The summed E-state index contributed by atoms with van der Waals surface area (Å²) in [5.74, 6) is 3.22. The molecule has 0 aliphatic heterocycles. The molecule has 0 bridgehead atoms. The van der Waals surface area contributed by atoms with Gasteiger partial charge in [0.2, 0.25) is 0 Å². The van der Waals surface area contributed by atoms with Gasteiger partial charge >= 0.3 is 6.09 Å². The van der Waals surface area contributed by atoms with Crippen LogP contribution in [0, 0.1) is 19.3 Å². The van der Waals surface area contributed by atoms with E-state index in [1.165, 1.54) is 12.0 Å². The number of carbonyl (C=O) groups excluding carboxylic acids is 1. The van der Waals surface area contributed by atoms with Crippen molar-refractivity contribution in [3.8, 4) is 18.1 Å². The van der Waals surface area contributed by atoms with Crippen LogP contribution in [0.25, 0.3) is 0 Å². The van der Waals surface area contributed by atoms with Crippen LogP contribution in [0.15, 0.2) is 60.3 Å². The van der Waals surface area contributed by atoms with Gasteiger partial charge in [-0.2, -0.15) is 0 Å². The Balaban J connectivity index is 2.18. The molecule has 1 amide bonds. The van der Waals surface area contributed by atoms with Crippen molar-refractivity contribution in [2.45, 2.75) is 20.5 Å². The summed E-state index contributed by atoms with van der Waals surface area (Å²) in [6.07, 6.45) is 6.54. The Kier molecular flexibility index (Phi) is 8.52. The molecular formula is C24H26N2O4. The third-order valence-electron chi connectivity index (χ3n) is 4.30. The van der Waals surface area contributed by atoms with E-state index in [0.29, 0.717) is 12.3 Å². The fourth-order valence-electron chi connectivity index (χ4n) is 2.78. The van der Waals surface area contributed by atoms with Gasteiger partial charge in [0.25, 0.3) is 0 Å². The summed E-state index contributed by atoms with van der Waals surface area (Å²) < 4.78 is 10.9. The molecule has 0 radical (unpaired) electrons. The lowest BCUT2D eigenvalue weighted by atomic mass is 10.1. The number of hydrogen-bond acceptors (Lipinski definition) is 5. The SMILES string of the molecule is C#CCN(C(=O)OC)c1ccccc1COc1ccc(/C(C)=N\OCC=C)cc1C. The number of carbonyl (C=O) groups is 1. The van der Waals surface area contributed by atoms with E-state index in [1.807, 2.05) is 56.3 Å². The fraction of sp³-hybridized carbons (Fsp3) is 0.250. The second-order valence-corrected chi connectivity index (χ2v) is 6.42. The van der Waals surface area contributed by atoms with Crippen LogP contribution in [0.4, 0.5) is 10.5 Å². The van der Waals surface area contributed by atoms with Gasteiger partial charge in [-0.15, -0.1) is 6.42 Å². The van der Waals surface area contributed by atoms with E-state index in [0.717, 1.165) is 28.2 Å². The molecule has 0 atom stereocenters. The minimum absolute atomic E-state index is 0.101. The maximum Gasteiger partial charge on any atom is 0.414 e. The number of ether oxygens (including phenoxy) is 2. The highest BCUT2D eigenvalue weighted by molar-refractivity contribution is 5.98. The summed E-state index contributed by atoms with van der Waals surface area (Å²) in [5, 5.41) is 4.06. The third-order valence-corrected chi connectivity index (χ3v) is 4.30. The number of methoxy groups -OCH3 is 1. The average Bonchev–Trinajstić information content (AvgIpc) is 2.76. The maximum absolute atomic E-state index is 12.1. The molecule has 0 aliphatic rings. The van der Waals surface area contributed by atoms with Crippen LogP contribution in [0.5, 0.6) is 5.75 Å². The minimum atomic E-state index is -0.519. The molecule has 2 aromatic rings. The Bertz CT molecular complexity index is 960. The van der Waals surface area contributed by atoms with Gasteiger partial charge in [-0.25, -0.2) is 4.79 Å². The molecule has 0 spiro atoms. The van der Waals surface area contributed by atoms with Gasteiger partial charge in [0.15, 0.2) is 0 Å². The topological polar surface area (TPSA) is 60.4 Å². The van der Waals surface area contributed by atoms with Gasteiger partial charge in [0.1, 0.15) is 19.0 Å². The number of anilines is 1. The number of terminal acetylenes is 1. The first kappa shape index (κ1) is 22.6. The van der Waals surface area contributed by atoms with Crippen molar-refractivity contribution >= 4 is 17.5 Å². The molecule has 0 saturated carbocycles. The van der Waals surface area contributed by atoms with Crippen LogP contribution in [-0.2, 0) is 16.2 Å². The van der Waals surface area contributed by atoms with Crippen molar-refractivity contribution in [2.75, 3.05) is 25.2 Å². The van der Waals surface area contributed by atoms with Gasteiger partial charge in [0.05, 0.1) is 25.1 Å². The van der Waals surface area contributed by atoms with Crippen LogP contribution >= 0.6 is 0 Å². The Labute approximate surface area is 177 Å². The lowest BCUT2D eigenvalue weighted by molar-refractivity contribution is 0.175. The van der Waals surface area contributed by atoms with Crippen molar-refractivity contribution in [2.24, 2.45) is 5.16 Å². The van der Waals surface area contributed by atoms with E-state index in [4.69, 9.17) is 20.7 Å². The van der Waals surface area contributed by atoms with Crippen molar-refractivity contribution in [1.29, 1.82) is 0 Å². The number of benzene rings is 2. The normalized spacial score (nSPS) is 10.7. The quantitative estimate of drug-likeness (QED) is 0.199. The third kappa shape index (κ3) is 5.89. The van der Waals surface area contributed by atoms with E-state index in [9.17, 15) is 4.79 Å². The molecule has 0 fully saturated rings. The molecule has 0 N–H and O–H groups in total. The highest BCUT2D eigenvalue weighted by atomic mass is 16.6. The first-order valence-corrected chi connectivity index (χ1v) is 9.40. The molecule has 0 heterocycles. The van der Waals surface area contributed by atoms with E-state index in [1.54, 1.807) is 6.08 Å². The van der Waals surface area contributed by atoms with Crippen molar-refractivity contribution < 1.29 is 19.1 Å². The zero-order valence-electron chi connectivity index (χ0n) is 17.6. The minimum Gasteiger partial charge on any atom is -0.489 e. The standard InChI is InChI=1S/C24H26N2O4/c1-6-14-26(24(27)28-5)22-11-9-8-10-21(22)17-29-23-13-12-20(16-18(23)3)19(4)25-30-15-7-2/h1,7-13,16H,2,14-15,17H2,3-5H3/b25-19-. The predicted molar refractivity (Wildman–Crippen MR) is 119 cm³/mol. The molecule has 0 aliphatic carbocycles. The first-order valence-electron chi connectivity index (χ1n) is 9.40. The van der Waals surface area contributed by atoms with Gasteiger partial charge in [-0.05, 0) is 49.2 Å². The van der Waals surface area contributed by atoms with Crippen LogP contribution in [0.2, 0.25) is 0 Å². The van der Waals surface area contributed by atoms with Crippen molar-refractivity contribution in [1.82, 2.24) is 0 Å². The Hall–Kier alpha value is -3.72. The monoisotopic (exact) mass is 406 g/mol. The van der Waals surface area contributed by atoms with Gasteiger partial charge < -0.3 is 14.3 Å². The predicted octanol–water partition coefficient (Wildman–Crippen LogP) is 4.71. The molecule has 30 heavy (non-hydrogen) atoms. The van der Waals surface area contributed by atoms with Crippen molar-refractivity contribution in [3.05, 3.63) is 71.8 Å². The summed E-state index contributed by atoms with van der Waals surface area (Å²) in [6.45, 7) is 8.16. The lowest BCUT2D eigenvalue weighted by Crippen LogP contribution is -2.32. The zero-order valence-corrected chi connectivity index (χ0v) is 17.6. The molecule has 6 heteroatoms. The second-order valence-electron chi connectivity index (χ2n) is 6.42. The van der Waals surface area contributed by atoms with Crippen LogP contribution in [0.3, 0.4) is 0 Å². The first-order chi connectivity index (χ1) is 14.5. The van der Waals surface area contributed by atoms with E-state index in [2.05, 4.69) is 17.7 Å². The van der Waals surface area contributed by atoms with Crippen LogP contribution < -0.4 is 9.64 Å². The number of aryl methyl sites for hydroxylation is 1. The summed E-state index contributed by atoms with van der Waals surface area (Å²) in [6, 6.07) is 13.2. The van der Waals surface area contributed by atoms with Gasteiger partial charge in [-0.3, -0.25) is 4.90 Å². The molecule has 0 unspecified atom stereocenters. The van der Waals surface area contributed by atoms with Crippen LogP contribution in [0.1, 0.15) is 23.6 Å². The van der Waals surface area contributed by atoms with Gasteiger partial charge in [-0.1, -0.05) is 41.9 Å². The van der Waals surface area contributed by atoms with E-state index >= 15 is 0 Å². The van der Waals surface area contributed by atoms with Gasteiger partial charge in [0, 0.05) is 5.56 Å². The number of hydrogen-bond donors (Lipinski definition) is 0. The molecule has 0 aromatic heterocycles. The number of para-hydroxylation sites is 1. The number of oxime groups is 1. The Morgan fingerprint density at radius 2 is 2.07 bits per heavy atom. The Morgan fingerprint density at radius 1 is 1.30 bits per heavy atom. The molecule has 2 aromatic carbocycles. The van der Waals surface area contributed by atoms with Crippen molar-refractivity contribution in [3.63, 3.8) is 0 Å². The lowest BCUT2D eigenvalue weighted by Gasteiger charge is -2.22. The molecule has 156 valence electrons. The number of amides is 1. The summed E-state index contributed by atoms with van der Waals surface area (Å²) in [4.78, 5) is 18.7. The van der Waals surface area contributed by atoms with E-state index < -0.39 is 6.09 Å². The number of nitrogens with zero attached hydrogens (tertiary/aromatic N) is 2.